The van der Waals surface area contributed by atoms with Crippen molar-refractivity contribution < 1.29 is 22.4 Å². The minimum absolute atomic E-state index is 0.169. The van der Waals surface area contributed by atoms with E-state index in [1.807, 2.05) is 0 Å². The van der Waals surface area contributed by atoms with E-state index >= 15 is 0 Å². The van der Waals surface area contributed by atoms with E-state index < -0.39 is 17.6 Å². The van der Waals surface area contributed by atoms with Crippen molar-refractivity contribution in [2.75, 3.05) is 7.05 Å². The molecule has 0 saturated heterocycles. The minimum Gasteiger partial charge on any atom is -0.457 e. The zero-order valence-corrected chi connectivity index (χ0v) is 11.9. The molecule has 2 rings (SSSR count). The van der Waals surface area contributed by atoms with Crippen LogP contribution in [-0.2, 0) is 11.0 Å². The van der Waals surface area contributed by atoms with E-state index in [4.69, 9.17) is 9.68 Å². The standard InChI is InChI=1S/C16H11F3N2O2/c1-21-15(22)11(9-20)8-13-5-6-14(23-13)10-3-2-4-12(7-10)16(17,18)19/h2-8H,1H3,(H,21,22). The van der Waals surface area contributed by atoms with Crippen LogP contribution in [0.15, 0.2) is 46.4 Å². The molecule has 1 N–H and O–H groups in total. The van der Waals surface area contributed by atoms with E-state index in [0.29, 0.717) is 0 Å². The summed E-state index contributed by atoms with van der Waals surface area (Å²) in [5, 5.41) is 11.2. The van der Waals surface area contributed by atoms with Crippen molar-refractivity contribution in [1.29, 1.82) is 5.26 Å². The van der Waals surface area contributed by atoms with Crippen LogP contribution < -0.4 is 5.32 Å². The van der Waals surface area contributed by atoms with Gasteiger partial charge in [0.15, 0.2) is 0 Å². The van der Waals surface area contributed by atoms with Crippen molar-refractivity contribution in [2.24, 2.45) is 0 Å². The third-order valence-corrected chi connectivity index (χ3v) is 2.98. The van der Waals surface area contributed by atoms with Crippen molar-refractivity contribution in [3.05, 3.63) is 53.3 Å². The number of nitrogens with one attached hydrogen (secondary N) is 1. The summed E-state index contributed by atoms with van der Waals surface area (Å²) in [5.41, 5.74) is -0.707. The van der Waals surface area contributed by atoms with Crippen LogP contribution in [0.25, 0.3) is 17.4 Å². The number of furan rings is 1. The summed E-state index contributed by atoms with van der Waals surface area (Å²) in [7, 11) is 1.38. The number of benzene rings is 1. The van der Waals surface area contributed by atoms with Gasteiger partial charge in [-0.15, -0.1) is 0 Å². The molecule has 0 bridgehead atoms. The molecule has 0 saturated carbocycles. The molecule has 0 unspecified atom stereocenters. The number of rotatable bonds is 3. The average molecular weight is 320 g/mol. The zero-order chi connectivity index (χ0) is 17.0. The van der Waals surface area contributed by atoms with Crippen LogP contribution in [-0.4, -0.2) is 13.0 Å². The first-order valence-electron chi connectivity index (χ1n) is 6.46. The molecule has 0 radical (unpaired) electrons. The fourth-order valence-corrected chi connectivity index (χ4v) is 1.86. The largest absolute Gasteiger partial charge is 0.457 e. The maximum atomic E-state index is 12.7. The Hall–Kier alpha value is -3.01. The molecule has 1 aromatic heterocycles. The van der Waals surface area contributed by atoms with Gasteiger partial charge in [-0.25, -0.2) is 0 Å². The summed E-state index contributed by atoms with van der Waals surface area (Å²) in [6.45, 7) is 0. The van der Waals surface area contributed by atoms with Crippen LogP contribution in [0.4, 0.5) is 13.2 Å². The summed E-state index contributed by atoms with van der Waals surface area (Å²) in [6.07, 6.45) is -3.23. The quantitative estimate of drug-likeness (QED) is 0.694. The third kappa shape index (κ3) is 3.80. The Kier molecular flexibility index (Phi) is 4.55. The smallest absolute Gasteiger partial charge is 0.416 e. The predicted molar refractivity (Wildman–Crippen MR) is 76.8 cm³/mol. The highest BCUT2D eigenvalue weighted by Gasteiger charge is 2.30. The number of carbonyl (C=O) groups excluding carboxylic acids is 1. The summed E-state index contributed by atoms with van der Waals surface area (Å²) in [5.74, 6) is -0.182. The van der Waals surface area contributed by atoms with Crippen LogP contribution in [0.3, 0.4) is 0 Å². The first-order valence-corrected chi connectivity index (χ1v) is 6.46. The summed E-state index contributed by atoms with van der Waals surface area (Å²) in [4.78, 5) is 11.4. The lowest BCUT2D eigenvalue weighted by molar-refractivity contribution is -0.137. The summed E-state index contributed by atoms with van der Waals surface area (Å²) in [6, 6.07) is 9.35. The van der Waals surface area contributed by atoms with E-state index in [1.165, 1.54) is 37.4 Å². The molecule has 1 aromatic carbocycles. The fraction of sp³-hybridized carbons (Fsp3) is 0.125. The highest BCUT2D eigenvalue weighted by atomic mass is 19.4. The first-order chi connectivity index (χ1) is 10.8. The monoisotopic (exact) mass is 320 g/mol. The van der Waals surface area contributed by atoms with Crippen molar-refractivity contribution in [3.63, 3.8) is 0 Å². The maximum absolute atomic E-state index is 12.7. The molecular formula is C16H11F3N2O2. The van der Waals surface area contributed by atoms with Gasteiger partial charge in [-0.2, -0.15) is 18.4 Å². The number of nitrogens with zero attached hydrogens (tertiary/aromatic N) is 1. The van der Waals surface area contributed by atoms with Gasteiger partial charge in [0.1, 0.15) is 23.2 Å². The lowest BCUT2D eigenvalue weighted by Gasteiger charge is -2.07. The molecule has 0 aliphatic carbocycles. The predicted octanol–water partition coefficient (Wildman–Crippen LogP) is 3.62. The second kappa shape index (κ2) is 6.40. The molecule has 1 amide bonds. The number of hydrogen-bond donors (Lipinski definition) is 1. The molecule has 23 heavy (non-hydrogen) atoms. The second-order valence-corrected chi connectivity index (χ2v) is 4.53. The Labute approximate surface area is 129 Å². The zero-order valence-electron chi connectivity index (χ0n) is 11.9. The van der Waals surface area contributed by atoms with Gasteiger partial charge in [0.05, 0.1) is 5.56 Å². The van der Waals surface area contributed by atoms with E-state index in [9.17, 15) is 18.0 Å². The molecule has 7 heteroatoms. The summed E-state index contributed by atoms with van der Waals surface area (Å²) >= 11 is 0. The number of likely N-dealkylation sites (N-methyl/N-ethyl adjacent to an activating group) is 1. The van der Waals surface area contributed by atoms with Gasteiger partial charge in [0, 0.05) is 18.7 Å². The number of alkyl halides is 3. The van der Waals surface area contributed by atoms with Gasteiger partial charge in [-0.05, 0) is 24.3 Å². The van der Waals surface area contributed by atoms with Gasteiger partial charge < -0.3 is 9.73 Å². The molecule has 4 nitrogen and oxygen atoms in total. The highest BCUT2D eigenvalue weighted by molar-refractivity contribution is 6.01. The Bertz CT molecular complexity index is 798. The van der Waals surface area contributed by atoms with Crippen molar-refractivity contribution in [3.8, 4) is 17.4 Å². The first kappa shape index (κ1) is 16.4. The molecule has 0 spiro atoms. The van der Waals surface area contributed by atoms with Gasteiger partial charge in [-0.1, -0.05) is 12.1 Å². The number of amides is 1. The Morgan fingerprint density at radius 1 is 1.30 bits per heavy atom. The molecule has 118 valence electrons. The molecule has 0 atom stereocenters. The average Bonchev–Trinajstić information content (AvgIpc) is 3.00. The number of hydrogen-bond acceptors (Lipinski definition) is 3. The van der Waals surface area contributed by atoms with E-state index in [-0.39, 0.29) is 22.7 Å². The highest BCUT2D eigenvalue weighted by Crippen LogP contribution is 2.32. The lowest BCUT2D eigenvalue weighted by atomic mass is 10.1. The Morgan fingerprint density at radius 3 is 2.65 bits per heavy atom. The molecule has 0 aliphatic rings. The topological polar surface area (TPSA) is 66.0 Å². The number of nitriles is 1. The number of halogens is 3. The SMILES string of the molecule is CNC(=O)C(C#N)=Cc1ccc(-c2cccc(C(F)(F)F)c2)o1. The van der Waals surface area contributed by atoms with Crippen LogP contribution in [0, 0.1) is 11.3 Å². The Balaban J connectivity index is 2.35. The molecule has 0 fully saturated rings. The third-order valence-electron chi connectivity index (χ3n) is 2.98. The normalized spacial score (nSPS) is 11.9. The summed E-state index contributed by atoms with van der Waals surface area (Å²) < 4.78 is 43.5. The molecule has 0 aliphatic heterocycles. The second-order valence-electron chi connectivity index (χ2n) is 4.53. The van der Waals surface area contributed by atoms with E-state index in [2.05, 4.69) is 5.32 Å². The van der Waals surface area contributed by atoms with Crippen molar-refractivity contribution in [1.82, 2.24) is 5.32 Å². The fourth-order valence-electron chi connectivity index (χ4n) is 1.86. The van der Waals surface area contributed by atoms with E-state index in [0.717, 1.165) is 12.1 Å². The van der Waals surface area contributed by atoms with Gasteiger partial charge in [0.2, 0.25) is 0 Å². The van der Waals surface area contributed by atoms with E-state index in [1.54, 1.807) is 6.07 Å². The van der Waals surface area contributed by atoms with Crippen LogP contribution >= 0.6 is 0 Å². The maximum Gasteiger partial charge on any atom is 0.416 e. The molecule has 2 aromatic rings. The molecule has 1 heterocycles. The van der Waals surface area contributed by atoms with Crippen LogP contribution in [0.5, 0.6) is 0 Å². The van der Waals surface area contributed by atoms with Crippen LogP contribution in [0.1, 0.15) is 11.3 Å². The molecular weight excluding hydrogens is 309 g/mol. The lowest BCUT2D eigenvalue weighted by Crippen LogP contribution is -2.18. The van der Waals surface area contributed by atoms with Gasteiger partial charge in [-0.3, -0.25) is 4.79 Å². The Morgan fingerprint density at radius 2 is 2.04 bits per heavy atom. The minimum atomic E-state index is -4.45. The number of carbonyl (C=O) groups is 1. The van der Waals surface area contributed by atoms with Crippen molar-refractivity contribution >= 4 is 12.0 Å². The van der Waals surface area contributed by atoms with Gasteiger partial charge >= 0.3 is 6.18 Å². The van der Waals surface area contributed by atoms with Crippen LogP contribution in [0.2, 0.25) is 0 Å². The van der Waals surface area contributed by atoms with Gasteiger partial charge in [0.25, 0.3) is 5.91 Å². The van der Waals surface area contributed by atoms with Crippen molar-refractivity contribution in [2.45, 2.75) is 6.18 Å².